The first-order valence-corrected chi connectivity index (χ1v) is 10.0. The van der Waals surface area contributed by atoms with E-state index in [1.165, 1.54) is 23.9 Å². The Morgan fingerprint density at radius 3 is 2.42 bits per heavy atom. The molecule has 4 nitrogen and oxygen atoms in total. The molecule has 4 atom stereocenters. The third kappa shape index (κ3) is 5.35. The highest BCUT2D eigenvalue weighted by Gasteiger charge is 2.45. The molecule has 0 aromatic heterocycles. The first-order valence-electron chi connectivity index (χ1n) is 9.22. The highest BCUT2D eigenvalue weighted by molar-refractivity contribution is 7.97. The summed E-state index contributed by atoms with van der Waals surface area (Å²) in [5.74, 6) is 2.06. The number of rotatable bonds is 5. The van der Waals surface area contributed by atoms with Crippen LogP contribution < -0.4 is 10.0 Å². The van der Waals surface area contributed by atoms with Gasteiger partial charge in [0.2, 0.25) is 5.91 Å². The Kier molecular flexibility index (Phi) is 7.33. The molecule has 0 spiro atoms. The molecule has 0 bridgehead atoms. The van der Waals surface area contributed by atoms with Crippen molar-refractivity contribution in [2.75, 3.05) is 14.2 Å². The van der Waals surface area contributed by atoms with Crippen molar-refractivity contribution in [1.29, 1.82) is 0 Å². The van der Waals surface area contributed by atoms with Crippen LogP contribution in [-0.4, -0.2) is 31.7 Å². The van der Waals surface area contributed by atoms with Gasteiger partial charge in [0.15, 0.2) is 0 Å². The molecule has 144 valence electrons. The van der Waals surface area contributed by atoms with E-state index in [4.69, 9.17) is 0 Å². The summed E-state index contributed by atoms with van der Waals surface area (Å²) in [5.41, 5.74) is 0.919. The van der Waals surface area contributed by atoms with E-state index in [1.807, 2.05) is 44.2 Å². The van der Waals surface area contributed by atoms with Gasteiger partial charge in [-0.05, 0) is 62.1 Å². The van der Waals surface area contributed by atoms with Crippen molar-refractivity contribution in [1.82, 2.24) is 10.0 Å². The SMILES string of the molecule is CC1CC2C(=CC1NC(=O)C(C)(C)NSc1ccccc1)C2C.COC. The molecule has 0 radical (unpaired) electrons. The second-order valence-electron chi connectivity index (χ2n) is 7.82. The smallest absolute Gasteiger partial charge is 0.241 e. The zero-order valence-electron chi connectivity index (χ0n) is 16.7. The van der Waals surface area contributed by atoms with E-state index in [2.05, 4.69) is 34.7 Å². The Hall–Kier alpha value is -1.30. The van der Waals surface area contributed by atoms with Gasteiger partial charge in [0, 0.05) is 19.1 Å². The van der Waals surface area contributed by atoms with Crippen molar-refractivity contribution in [2.24, 2.45) is 17.8 Å². The predicted molar refractivity (Wildman–Crippen MR) is 109 cm³/mol. The Bertz CT molecular complexity index is 630. The van der Waals surface area contributed by atoms with Crippen LogP contribution in [0.1, 0.15) is 34.1 Å². The van der Waals surface area contributed by atoms with Gasteiger partial charge in [-0.25, -0.2) is 4.72 Å². The number of carbonyl (C=O) groups is 1. The molecule has 2 N–H and O–H groups in total. The average molecular weight is 377 g/mol. The third-order valence-electron chi connectivity index (χ3n) is 5.09. The zero-order valence-corrected chi connectivity index (χ0v) is 17.5. The number of nitrogens with one attached hydrogen (secondary N) is 2. The van der Waals surface area contributed by atoms with E-state index in [1.54, 1.807) is 14.2 Å². The lowest BCUT2D eigenvalue weighted by Gasteiger charge is -2.30. The number of carbonyl (C=O) groups excluding carboxylic acids is 1. The monoisotopic (exact) mass is 376 g/mol. The average Bonchev–Trinajstić information content (AvgIpc) is 3.23. The molecule has 4 unspecified atom stereocenters. The van der Waals surface area contributed by atoms with Crippen molar-refractivity contribution in [3.05, 3.63) is 42.0 Å². The Balaban J connectivity index is 0.000000758. The van der Waals surface area contributed by atoms with Crippen LogP contribution in [0.25, 0.3) is 0 Å². The Morgan fingerprint density at radius 2 is 1.81 bits per heavy atom. The Morgan fingerprint density at radius 1 is 1.19 bits per heavy atom. The first-order chi connectivity index (χ1) is 12.3. The van der Waals surface area contributed by atoms with Gasteiger partial charge in [0.05, 0.1) is 6.04 Å². The van der Waals surface area contributed by atoms with Crippen LogP contribution in [0.15, 0.2) is 46.9 Å². The number of methoxy groups -OCH3 is 1. The van der Waals surface area contributed by atoms with E-state index in [0.717, 1.165) is 16.7 Å². The Labute approximate surface area is 162 Å². The fourth-order valence-electron chi connectivity index (χ4n) is 3.27. The zero-order chi connectivity index (χ0) is 19.3. The molecular formula is C21H32N2O2S. The summed E-state index contributed by atoms with van der Waals surface area (Å²) >= 11 is 1.50. The van der Waals surface area contributed by atoms with Crippen molar-refractivity contribution in [2.45, 2.75) is 50.6 Å². The molecule has 3 rings (SSSR count). The maximum atomic E-state index is 12.7. The quantitative estimate of drug-likeness (QED) is 0.601. The molecule has 2 aliphatic rings. The van der Waals surface area contributed by atoms with Crippen LogP contribution in [-0.2, 0) is 9.53 Å². The molecule has 1 aromatic carbocycles. The second-order valence-corrected chi connectivity index (χ2v) is 8.70. The second kappa shape index (κ2) is 9.07. The summed E-state index contributed by atoms with van der Waals surface area (Å²) in [7, 11) is 3.25. The van der Waals surface area contributed by atoms with Gasteiger partial charge in [0.25, 0.3) is 0 Å². The van der Waals surface area contributed by atoms with Crippen molar-refractivity contribution < 1.29 is 9.53 Å². The van der Waals surface area contributed by atoms with Gasteiger partial charge in [-0.3, -0.25) is 4.79 Å². The van der Waals surface area contributed by atoms with Crippen LogP contribution in [0.5, 0.6) is 0 Å². The predicted octanol–water partition coefficient (Wildman–Crippen LogP) is 4.04. The molecule has 0 saturated heterocycles. The first kappa shape index (κ1) is 21.0. The summed E-state index contributed by atoms with van der Waals surface area (Å²) in [6, 6.07) is 10.2. The molecule has 1 fully saturated rings. The van der Waals surface area contributed by atoms with Crippen LogP contribution in [0.4, 0.5) is 0 Å². The lowest BCUT2D eigenvalue weighted by Crippen LogP contribution is -2.54. The standard InChI is InChI=1S/C19H26N2OS.C2H6O/c1-12-10-15-13(2)16(15)11-17(12)20-18(22)19(3,4)21-23-14-8-6-5-7-9-14;1-3-2/h5-9,11-13,15,17,21H,10H2,1-4H3,(H,20,22);1-2H3. The van der Waals surface area contributed by atoms with Gasteiger partial charge in [0.1, 0.15) is 5.54 Å². The number of hydrogen-bond donors (Lipinski definition) is 2. The molecule has 1 aromatic rings. The van der Waals surface area contributed by atoms with E-state index < -0.39 is 5.54 Å². The molecule has 2 aliphatic carbocycles. The van der Waals surface area contributed by atoms with Gasteiger partial charge >= 0.3 is 0 Å². The largest absolute Gasteiger partial charge is 0.388 e. The number of allylic oxidation sites excluding steroid dienone is 1. The minimum atomic E-state index is -0.620. The minimum absolute atomic E-state index is 0.0568. The van der Waals surface area contributed by atoms with Gasteiger partial charge < -0.3 is 10.1 Å². The summed E-state index contributed by atoms with van der Waals surface area (Å²) in [6.45, 7) is 8.39. The van der Waals surface area contributed by atoms with Crippen LogP contribution in [0, 0.1) is 17.8 Å². The molecule has 0 aliphatic heterocycles. The fraction of sp³-hybridized carbons (Fsp3) is 0.571. The number of fused-ring (bicyclic) bond motifs is 1. The third-order valence-corrected chi connectivity index (χ3v) is 6.21. The van der Waals surface area contributed by atoms with E-state index in [-0.39, 0.29) is 11.9 Å². The maximum Gasteiger partial charge on any atom is 0.241 e. The van der Waals surface area contributed by atoms with Crippen molar-refractivity contribution >= 4 is 17.9 Å². The van der Waals surface area contributed by atoms with Crippen molar-refractivity contribution in [3.8, 4) is 0 Å². The lowest BCUT2D eigenvalue weighted by molar-refractivity contribution is -0.126. The summed E-state index contributed by atoms with van der Waals surface area (Å²) in [5, 5.41) is 3.23. The topological polar surface area (TPSA) is 50.4 Å². The highest BCUT2D eigenvalue weighted by atomic mass is 32.2. The van der Waals surface area contributed by atoms with E-state index in [0.29, 0.717) is 5.92 Å². The lowest BCUT2D eigenvalue weighted by atomic mass is 9.90. The summed E-state index contributed by atoms with van der Waals surface area (Å²) in [4.78, 5) is 13.8. The number of benzene rings is 1. The molecule has 0 heterocycles. The van der Waals surface area contributed by atoms with E-state index >= 15 is 0 Å². The molecule has 5 heteroatoms. The van der Waals surface area contributed by atoms with Gasteiger partial charge in [-0.2, -0.15) is 0 Å². The van der Waals surface area contributed by atoms with Gasteiger partial charge in [-0.1, -0.05) is 43.7 Å². The summed E-state index contributed by atoms with van der Waals surface area (Å²) < 4.78 is 7.54. The molecule has 26 heavy (non-hydrogen) atoms. The molecule has 1 amide bonds. The van der Waals surface area contributed by atoms with E-state index in [9.17, 15) is 4.79 Å². The summed E-state index contributed by atoms with van der Waals surface area (Å²) in [6.07, 6.45) is 3.49. The molecular weight excluding hydrogens is 344 g/mol. The highest BCUT2D eigenvalue weighted by Crippen LogP contribution is 2.52. The van der Waals surface area contributed by atoms with Crippen molar-refractivity contribution in [3.63, 3.8) is 0 Å². The maximum absolute atomic E-state index is 12.7. The number of ether oxygens (including phenoxy) is 1. The molecule has 1 saturated carbocycles. The number of hydrogen-bond acceptors (Lipinski definition) is 4. The van der Waals surface area contributed by atoms with Crippen LogP contribution in [0.2, 0.25) is 0 Å². The fourth-order valence-corrected chi connectivity index (χ4v) is 4.02. The van der Waals surface area contributed by atoms with Crippen LogP contribution >= 0.6 is 11.9 Å². The number of amides is 1. The van der Waals surface area contributed by atoms with Gasteiger partial charge in [-0.15, -0.1) is 0 Å². The normalized spacial score (nSPS) is 26.8. The van der Waals surface area contributed by atoms with Crippen LogP contribution in [0.3, 0.4) is 0 Å². The minimum Gasteiger partial charge on any atom is -0.388 e.